The summed E-state index contributed by atoms with van der Waals surface area (Å²) in [5, 5.41) is 3.53. The molecule has 0 saturated carbocycles. The average molecular weight is 334 g/mol. The van der Waals surface area contributed by atoms with E-state index in [1.165, 1.54) is 0 Å². The first-order valence-corrected chi connectivity index (χ1v) is 9.61. The van der Waals surface area contributed by atoms with Crippen LogP contribution in [0.5, 0.6) is 0 Å². The number of sulfone groups is 1. The van der Waals surface area contributed by atoms with E-state index in [4.69, 9.17) is 0 Å². The van der Waals surface area contributed by atoms with Crippen molar-refractivity contribution in [3.8, 4) is 0 Å². The number of carbonyl (C=O) groups is 1. The molecule has 23 heavy (non-hydrogen) atoms. The van der Waals surface area contributed by atoms with Crippen molar-refractivity contribution in [2.45, 2.75) is 32.7 Å². The van der Waals surface area contributed by atoms with Gasteiger partial charge in [-0.2, -0.15) is 0 Å². The Morgan fingerprint density at radius 1 is 1.22 bits per heavy atom. The molecule has 0 fully saturated rings. The second kappa shape index (κ2) is 6.66. The summed E-state index contributed by atoms with van der Waals surface area (Å²) in [4.78, 5) is 17.2. The zero-order valence-corrected chi connectivity index (χ0v) is 14.6. The molecule has 2 aromatic rings. The fourth-order valence-corrected chi connectivity index (χ4v) is 3.47. The van der Waals surface area contributed by atoms with Gasteiger partial charge in [0.2, 0.25) is 0 Å². The van der Waals surface area contributed by atoms with E-state index >= 15 is 0 Å². The lowest BCUT2D eigenvalue weighted by Crippen LogP contribution is -2.37. The highest BCUT2D eigenvalue weighted by molar-refractivity contribution is 7.90. The van der Waals surface area contributed by atoms with Crippen molar-refractivity contribution in [2.75, 3.05) is 12.0 Å². The average Bonchev–Trinajstić information content (AvgIpc) is 2.43. The van der Waals surface area contributed by atoms with Gasteiger partial charge in [0.05, 0.1) is 16.8 Å². The molecule has 5 nitrogen and oxygen atoms in total. The quantitative estimate of drug-likeness (QED) is 0.911. The largest absolute Gasteiger partial charge is 0.349 e. The number of aromatic nitrogens is 1. The van der Waals surface area contributed by atoms with Gasteiger partial charge in [-0.15, -0.1) is 0 Å². The first kappa shape index (κ1) is 17.4. The molecule has 124 valence electrons. The first-order chi connectivity index (χ1) is 10.7. The standard InChI is InChI=1S/C17H22N2O3S/c1-11(2)16-9-14(13-7-5-6-8-15(13)19-16)17(20)18-12(3)10-23(4,21)22/h5-9,11-12H,10H2,1-4H3,(H,18,20). The van der Waals surface area contributed by atoms with Crippen LogP contribution in [0.3, 0.4) is 0 Å². The second-order valence-electron chi connectivity index (χ2n) is 6.23. The van der Waals surface area contributed by atoms with Crippen LogP contribution in [0.15, 0.2) is 30.3 Å². The number of para-hydroxylation sites is 1. The van der Waals surface area contributed by atoms with Crippen LogP contribution in [0.1, 0.15) is 42.7 Å². The molecule has 0 aliphatic carbocycles. The number of amides is 1. The normalized spacial score (nSPS) is 13.3. The van der Waals surface area contributed by atoms with Gasteiger partial charge in [-0.05, 0) is 25.0 Å². The fraction of sp³-hybridized carbons (Fsp3) is 0.412. The highest BCUT2D eigenvalue weighted by Gasteiger charge is 2.18. The maximum absolute atomic E-state index is 12.6. The summed E-state index contributed by atoms with van der Waals surface area (Å²) < 4.78 is 22.7. The minimum Gasteiger partial charge on any atom is -0.349 e. The molecule has 0 bridgehead atoms. The van der Waals surface area contributed by atoms with E-state index in [1.807, 2.05) is 38.1 Å². The summed E-state index contributed by atoms with van der Waals surface area (Å²) in [5.41, 5.74) is 2.13. The first-order valence-electron chi connectivity index (χ1n) is 7.55. The summed E-state index contributed by atoms with van der Waals surface area (Å²) in [7, 11) is -3.14. The number of fused-ring (bicyclic) bond motifs is 1. The maximum Gasteiger partial charge on any atom is 0.252 e. The van der Waals surface area contributed by atoms with Crippen molar-refractivity contribution in [1.82, 2.24) is 10.3 Å². The lowest BCUT2D eigenvalue weighted by Gasteiger charge is -2.15. The molecular formula is C17H22N2O3S. The number of nitrogens with one attached hydrogen (secondary N) is 1. The Bertz CT molecular complexity index is 829. The lowest BCUT2D eigenvalue weighted by molar-refractivity contribution is 0.0945. The van der Waals surface area contributed by atoms with Crippen molar-refractivity contribution in [2.24, 2.45) is 0 Å². The highest BCUT2D eigenvalue weighted by Crippen LogP contribution is 2.22. The molecule has 1 aromatic heterocycles. The number of benzene rings is 1. The van der Waals surface area contributed by atoms with Crippen LogP contribution in [0.2, 0.25) is 0 Å². The number of pyridine rings is 1. The molecule has 2 rings (SSSR count). The Labute approximate surface area is 137 Å². The maximum atomic E-state index is 12.6. The second-order valence-corrected chi connectivity index (χ2v) is 8.42. The van der Waals surface area contributed by atoms with Crippen LogP contribution in [0.25, 0.3) is 10.9 Å². The van der Waals surface area contributed by atoms with E-state index in [0.717, 1.165) is 22.9 Å². The number of nitrogens with zero attached hydrogens (tertiary/aromatic N) is 1. The Morgan fingerprint density at radius 3 is 2.48 bits per heavy atom. The fourth-order valence-electron chi connectivity index (χ4n) is 2.48. The Kier molecular flexibility index (Phi) is 5.04. The van der Waals surface area contributed by atoms with Gasteiger partial charge >= 0.3 is 0 Å². The van der Waals surface area contributed by atoms with E-state index in [1.54, 1.807) is 13.0 Å². The Morgan fingerprint density at radius 2 is 1.87 bits per heavy atom. The van der Waals surface area contributed by atoms with Crippen molar-refractivity contribution < 1.29 is 13.2 Å². The van der Waals surface area contributed by atoms with E-state index in [9.17, 15) is 13.2 Å². The molecule has 0 spiro atoms. The lowest BCUT2D eigenvalue weighted by atomic mass is 10.0. The smallest absolute Gasteiger partial charge is 0.252 e. The summed E-state index contributed by atoms with van der Waals surface area (Å²) in [5.74, 6) is -0.167. The van der Waals surface area contributed by atoms with Gasteiger partial charge in [0.25, 0.3) is 5.91 Å². The predicted molar refractivity (Wildman–Crippen MR) is 92.5 cm³/mol. The van der Waals surface area contributed by atoms with E-state index < -0.39 is 15.9 Å². The zero-order chi connectivity index (χ0) is 17.2. The summed E-state index contributed by atoms with van der Waals surface area (Å²) in [6.45, 7) is 5.72. The van der Waals surface area contributed by atoms with Crippen molar-refractivity contribution >= 4 is 26.6 Å². The highest BCUT2D eigenvalue weighted by atomic mass is 32.2. The molecule has 1 atom stereocenters. The van der Waals surface area contributed by atoms with Gasteiger partial charge in [-0.3, -0.25) is 9.78 Å². The van der Waals surface area contributed by atoms with Gasteiger partial charge in [-0.1, -0.05) is 32.0 Å². The third-order valence-electron chi connectivity index (χ3n) is 3.50. The molecule has 1 N–H and O–H groups in total. The zero-order valence-electron chi connectivity index (χ0n) is 13.8. The third-order valence-corrected chi connectivity index (χ3v) is 4.61. The molecule has 1 amide bonds. The minimum absolute atomic E-state index is 0.0845. The molecule has 0 saturated heterocycles. The number of hydrogen-bond donors (Lipinski definition) is 1. The van der Waals surface area contributed by atoms with Crippen LogP contribution < -0.4 is 5.32 Å². The molecule has 1 unspecified atom stereocenters. The molecule has 1 aromatic carbocycles. The molecular weight excluding hydrogens is 312 g/mol. The van der Waals surface area contributed by atoms with Crippen molar-refractivity contribution in [3.63, 3.8) is 0 Å². The van der Waals surface area contributed by atoms with Crippen LogP contribution in [0.4, 0.5) is 0 Å². The number of rotatable bonds is 5. The van der Waals surface area contributed by atoms with Crippen molar-refractivity contribution in [1.29, 1.82) is 0 Å². The van der Waals surface area contributed by atoms with Gasteiger partial charge in [0.1, 0.15) is 9.84 Å². The molecule has 1 heterocycles. The van der Waals surface area contributed by atoms with Crippen LogP contribution in [-0.2, 0) is 9.84 Å². The van der Waals surface area contributed by atoms with Gasteiger partial charge in [-0.25, -0.2) is 8.42 Å². The summed E-state index contributed by atoms with van der Waals surface area (Å²) in [6.07, 6.45) is 1.16. The third kappa shape index (κ3) is 4.51. The van der Waals surface area contributed by atoms with Crippen molar-refractivity contribution in [3.05, 3.63) is 41.6 Å². The summed E-state index contributed by atoms with van der Waals surface area (Å²) in [6, 6.07) is 8.80. The SMILES string of the molecule is CC(CS(C)(=O)=O)NC(=O)c1cc(C(C)C)nc2ccccc12. The van der Waals surface area contributed by atoms with Crippen LogP contribution >= 0.6 is 0 Å². The monoisotopic (exact) mass is 334 g/mol. The van der Waals surface area contributed by atoms with E-state index in [2.05, 4.69) is 10.3 Å². The van der Waals surface area contributed by atoms with Crippen LogP contribution in [-0.4, -0.2) is 37.4 Å². The molecule has 0 aliphatic rings. The minimum atomic E-state index is -3.14. The topological polar surface area (TPSA) is 76.1 Å². The molecule has 6 heteroatoms. The van der Waals surface area contributed by atoms with E-state index in [0.29, 0.717) is 5.56 Å². The molecule has 0 radical (unpaired) electrons. The van der Waals surface area contributed by atoms with Gasteiger partial charge in [0.15, 0.2) is 0 Å². The Balaban J connectivity index is 2.39. The molecule has 0 aliphatic heterocycles. The Hall–Kier alpha value is -1.95. The number of hydrogen-bond acceptors (Lipinski definition) is 4. The van der Waals surface area contributed by atoms with Gasteiger partial charge < -0.3 is 5.32 Å². The van der Waals surface area contributed by atoms with E-state index in [-0.39, 0.29) is 17.6 Å². The number of carbonyl (C=O) groups excluding carboxylic acids is 1. The van der Waals surface area contributed by atoms with Gasteiger partial charge in [0, 0.05) is 23.4 Å². The van der Waals surface area contributed by atoms with Crippen LogP contribution in [0, 0.1) is 0 Å². The summed E-state index contributed by atoms with van der Waals surface area (Å²) >= 11 is 0. The predicted octanol–water partition coefficient (Wildman–Crippen LogP) is 2.52.